The summed E-state index contributed by atoms with van der Waals surface area (Å²) in [4.78, 5) is 14.3. The molecular formula is C132H90N6Se4. The molecule has 0 spiro atoms. The zero-order chi connectivity index (χ0) is 94.2. The van der Waals surface area contributed by atoms with Crippen LogP contribution in [-0.2, 0) is 0 Å². The van der Waals surface area contributed by atoms with Crippen LogP contribution in [0.1, 0.15) is 0 Å². The second kappa shape index (κ2) is 38.8. The van der Waals surface area contributed by atoms with E-state index in [1.165, 1.54) is 133 Å². The fraction of sp³-hybridized carbons (Fsp3) is 0. The Morgan fingerprint density at radius 3 is 0.521 bits per heavy atom. The molecule has 22 aromatic carbocycles. The van der Waals surface area contributed by atoms with E-state index in [0.29, 0.717) is 29.0 Å². The average Bonchev–Trinajstić information content (AvgIpc) is 1.77. The van der Waals surface area contributed by atoms with Gasteiger partial charge in [0.1, 0.15) is 0 Å². The Balaban J connectivity index is 0.000000149. The number of para-hydroxylation sites is 6. The van der Waals surface area contributed by atoms with Gasteiger partial charge in [-0.1, -0.05) is 36.4 Å². The van der Waals surface area contributed by atoms with Gasteiger partial charge in [0.05, 0.1) is 0 Å². The van der Waals surface area contributed by atoms with E-state index < -0.39 is 0 Å². The van der Waals surface area contributed by atoms with Gasteiger partial charge in [0.25, 0.3) is 0 Å². The van der Waals surface area contributed by atoms with E-state index in [2.05, 4.69) is 575 Å². The van der Waals surface area contributed by atoms with E-state index >= 15 is 0 Å². The molecule has 0 aliphatic heterocycles. The quantitative estimate of drug-likeness (QED) is 0.0626. The van der Waals surface area contributed by atoms with Crippen LogP contribution in [0.2, 0.25) is 0 Å². The van der Waals surface area contributed by atoms with E-state index in [4.69, 9.17) is 0 Å². The number of rotatable bonds is 22. The summed E-state index contributed by atoms with van der Waals surface area (Å²) in [7, 11) is 0. The molecule has 0 saturated carbocycles. The zero-order valence-corrected chi connectivity index (χ0v) is 84.1. The molecule has 6 nitrogen and oxygen atoms in total. The molecular weight excluding hydrogens is 1990 g/mol. The molecule has 26 rings (SSSR count). The summed E-state index contributed by atoms with van der Waals surface area (Å²) in [6, 6.07) is 199. The molecule has 0 bridgehead atoms. The Labute approximate surface area is 849 Å². The van der Waals surface area contributed by atoms with Crippen LogP contribution in [0.5, 0.6) is 0 Å². The number of hydrogen-bond acceptors (Lipinski definition) is 6. The molecule has 0 atom stereocenters. The minimum atomic E-state index is 0.226. The van der Waals surface area contributed by atoms with Crippen LogP contribution in [-0.4, -0.2) is 58.0 Å². The van der Waals surface area contributed by atoms with E-state index in [1.54, 1.807) is 0 Å². The molecule has 142 heavy (non-hydrogen) atoms. The van der Waals surface area contributed by atoms with Gasteiger partial charge in [-0.05, 0) is 24.3 Å². The first-order chi connectivity index (χ1) is 70.4. The van der Waals surface area contributed by atoms with Crippen molar-refractivity contribution >= 4 is 238 Å². The second-order valence-corrected chi connectivity index (χ2v) is 44.4. The SMILES string of the molecule is c1ccc(N(c2ccc(-c3ccc(N(c4ccccc4)c4ccc5[se]c6ccccc6c5c4)cc3)cc2)c2ccc(-c3ccc(N(c4ccccc4)c4ccc5[se]c6ccccc6c5c4)cc3)cc2)cc1.c1ccc(N(c2ccc(-c3ccc(N(c4ccccc4)c4cccc5c4[se]c4ccccc45)cc3)cc2)c2ccc(-c3ccc(N(c4ccccc4)c4cccc5c4[se]c4ccccc45)cc3)cc2)cc1. The van der Waals surface area contributed by atoms with Crippen LogP contribution in [0.3, 0.4) is 0 Å². The number of hydrogen-bond donors (Lipinski definition) is 0. The van der Waals surface area contributed by atoms with Crippen molar-refractivity contribution in [1.82, 2.24) is 0 Å². The fourth-order valence-electron chi connectivity index (χ4n) is 20.1. The second-order valence-electron chi connectivity index (χ2n) is 35.5. The van der Waals surface area contributed by atoms with E-state index in [-0.39, 0.29) is 29.0 Å². The maximum atomic E-state index is 2.42. The first kappa shape index (κ1) is 87.2. The smallest absolute Gasteiger partial charge is 0.0380 e. The van der Waals surface area contributed by atoms with Crippen molar-refractivity contribution in [3.63, 3.8) is 0 Å². The van der Waals surface area contributed by atoms with E-state index in [0.717, 1.165) is 91.0 Å². The molecule has 26 aromatic rings. The first-order valence-electron chi connectivity index (χ1n) is 48.0. The summed E-state index contributed by atoms with van der Waals surface area (Å²) in [5.74, 6) is 0. The standard InChI is InChI=1S/2C66H45N3Se2/c1-4-16-50(17-5-1)67(53-38-30-46(31-39-53)48-34-42-55(43-35-48)68(51-18-6-2-7-19-51)61-26-14-24-59-57-22-10-12-28-63(57)70-65(59)61)54-40-32-47(33-41-54)49-36-44-56(45-37-49)69(52-20-8-3-9-21-52)62-27-15-25-60-58-23-11-13-29-64(58)71-66(60)62;1-4-14-50(15-5-1)67(53-32-24-46(25-33-53)48-28-36-55(37-29-48)68(51-16-6-2-7-17-51)57-40-42-65-61(44-57)59-20-10-12-22-63(59)70-65)54-34-26-47(27-35-54)49-30-38-56(39-31-49)69(52-18-8-3-9-19-52)58-41-43-66-62(45-58)60-21-11-13-23-64(60)71-66/h2*1-45H. The Morgan fingerprint density at radius 1 is 0.106 bits per heavy atom. The van der Waals surface area contributed by atoms with Crippen molar-refractivity contribution in [3.8, 4) is 44.5 Å². The van der Waals surface area contributed by atoms with E-state index in [1.807, 2.05) is 0 Å². The van der Waals surface area contributed by atoms with Crippen LogP contribution < -0.4 is 29.4 Å². The van der Waals surface area contributed by atoms with Crippen molar-refractivity contribution in [2.45, 2.75) is 0 Å². The Kier molecular flexibility index (Phi) is 23.9. The molecule has 0 N–H and O–H groups in total. The molecule has 4 heterocycles. The molecule has 10 heteroatoms. The fourth-order valence-corrected chi connectivity index (χ4v) is 29.7. The average molecular weight is 2080 g/mol. The number of anilines is 18. The Bertz CT molecular complexity index is 8490. The third-order valence-electron chi connectivity index (χ3n) is 26.9. The molecule has 0 aliphatic rings. The van der Waals surface area contributed by atoms with Crippen molar-refractivity contribution in [3.05, 3.63) is 546 Å². The molecule has 4 aromatic heterocycles. The van der Waals surface area contributed by atoms with Crippen LogP contribution in [0.4, 0.5) is 102 Å². The largest absolute Gasteiger partial charge is 0.0602 e. The van der Waals surface area contributed by atoms with Crippen molar-refractivity contribution < 1.29 is 0 Å². The summed E-state index contributed by atoms with van der Waals surface area (Å²) in [5, 5.41) is 10.9. The molecule has 0 radical (unpaired) electrons. The summed E-state index contributed by atoms with van der Waals surface area (Å²) in [6.45, 7) is 0. The third-order valence-corrected chi connectivity index (χ3v) is 36.8. The van der Waals surface area contributed by atoms with Crippen molar-refractivity contribution in [2.24, 2.45) is 0 Å². The van der Waals surface area contributed by atoms with Gasteiger partial charge in [-0.25, -0.2) is 0 Å². The van der Waals surface area contributed by atoms with Gasteiger partial charge in [0, 0.05) is 22.7 Å². The third kappa shape index (κ3) is 17.1. The molecule has 672 valence electrons. The van der Waals surface area contributed by atoms with Crippen LogP contribution in [0, 0.1) is 0 Å². The van der Waals surface area contributed by atoms with Crippen molar-refractivity contribution in [2.75, 3.05) is 29.4 Å². The van der Waals surface area contributed by atoms with Gasteiger partial charge in [0.15, 0.2) is 0 Å². The summed E-state index contributed by atoms with van der Waals surface area (Å²) in [6.07, 6.45) is 0. The van der Waals surface area contributed by atoms with Crippen LogP contribution >= 0.6 is 0 Å². The van der Waals surface area contributed by atoms with Gasteiger partial charge >= 0.3 is 769 Å². The summed E-state index contributed by atoms with van der Waals surface area (Å²) in [5.41, 5.74) is 29.9. The molecule has 0 saturated heterocycles. The maximum Gasteiger partial charge on any atom is -0.0380 e. The zero-order valence-electron chi connectivity index (χ0n) is 77.3. The first-order valence-corrected chi connectivity index (χ1v) is 54.8. The minimum absolute atomic E-state index is 0.226. The number of fused-ring (bicyclic) bond motifs is 12. The normalized spacial score (nSPS) is 11.4. The van der Waals surface area contributed by atoms with Gasteiger partial charge in [0.2, 0.25) is 0 Å². The minimum Gasteiger partial charge on any atom is -0.0602 e. The van der Waals surface area contributed by atoms with Gasteiger partial charge in [-0.15, -0.1) is 0 Å². The number of benzene rings is 22. The van der Waals surface area contributed by atoms with Gasteiger partial charge < -0.3 is 4.90 Å². The van der Waals surface area contributed by atoms with Crippen LogP contribution in [0.25, 0.3) is 122 Å². The number of nitrogens with zero attached hydrogens (tertiary/aromatic N) is 6. The molecule has 0 unspecified atom stereocenters. The Hall–Kier alpha value is -16.3. The predicted octanol–water partition coefficient (Wildman–Crippen LogP) is 36.3. The van der Waals surface area contributed by atoms with E-state index in [9.17, 15) is 0 Å². The topological polar surface area (TPSA) is 19.4 Å². The summed E-state index contributed by atoms with van der Waals surface area (Å²) >= 11 is 1.12. The van der Waals surface area contributed by atoms with Crippen molar-refractivity contribution in [1.29, 1.82) is 0 Å². The predicted molar refractivity (Wildman–Crippen MR) is 611 cm³/mol. The molecule has 0 aliphatic carbocycles. The Morgan fingerprint density at radius 2 is 0.275 bits per heavy atom. The monoisotopic (exact) mass is 2080 g/mol. The summed E-state index contributed by atoms with van der Waals surface area (Å²) < 4.78 is 11.6. The van der Waals surface area contributed by atoms with Gasteiger partial charge in [-0.3, -0.25) is 0 Å². The van der Waals surface area contributed by atoms with Gasteiger partial charge in [-0.2, -0.15) is 0 Å². The molecule has 0 amide bonds. The van der Waals surface area contributed by atoms with Crippen LogP contribution in [0.15, 0.2) is 546 Å². The maximum absolute atomic E-state index is 2.42. The molecule has 0 fully saturated rings.